The monoisotopic (exact) mass is 382 g/mol. The highest BCUT2D eigenvalue weighted by molar-refractivity contribution is 7.59. The molecule has 0 fully saturated rings. The number of allylic oxidation sites excluding steroid dienone is 1. The summed E-state index contributed by atoms with van der Waals surface area (Å²) >= 11 is 5.37. The summed E-state index contributed by atoms with van der Waals surface area (Å²) in [4.78, 5) is 32.3. The number of methoxy groups -OCH3 is 2. The van der Waals surface area contributed by atoms with Crippen LogP contribution >= 0.6 is 25.1 Å². The van der Waals surface area contributed by atoms with E-state index in [1.165, 1.54) is 19.8 Å². The van der Waals surface area contributed by atoms with E-state index in [4.69, 9.17) is 11.6 Å². The first-order valence-electron chi connectivity index (χ1n) is 7.61. The van der Waals surface area contributed by atoms with Gasteiger partial charge in [0.1, 0.15) is 6.29 Å². The smallest absolute Gasteiger partial charge is 0.309 e. The molecule has 142 valence electrons. The molecule has 0 aromatic carbocycles. The number of halogens is 1. The van der Waals surface area contributed by atoms with Crippen molar-refractivity contribution >= 4 is 43.3 Å². The Morgan fingerprint density at radius 2 is 1.29 bits per heavy atom. The molecule has 0 spiro atoms. The summed E-state index contributed by atoms with van der Waals surface area (Å²) < 4.78 is 9.18. The van der Waals surface area contributed by atoms with Gasteiger partial charge in [-0.25, -0.2) is 0 Å². The van der Waals surface area contributed by atoms with Crippen LogP contribution < -0.4 is 0 Å². The molecule has 0 aromatic rings. The number of aldehydes is 1. The highest BCUT2D eigenvalue weighted by Gasteiger charge is 2.22. The van der Waals surface area contributed by atoms with E-state index in [0.29, 0.717) is 6.42 Å². The Morgan fingerprint density at radius 3 is 1.54 bits per heavy atom. The van der Waals surface area contributed by atoms with Gasteiger partial charge < -0.3 is 14.3 Å². The number of hydrogen-bond acceptors (Lipinski definition) is 5. The van der Waals surface area contributed by atoms with Crippen LogP contribution in [0, 0.1) is 23.7 Å². The summed E-state index contributed by atoms with van der Waals surface area (Å²) in [5, 5.41) is 0. The number of hydrogen-bond donors (Lipinski definition) is 0. The van der Waals surface area contributed by atoms with E-state index in [9.17, 15) is 14.4 Å². The molecule has 0 N–H and O–H groups in total. The van der Waals surface area contributed by atoms with E-state index < -0.39 is 0 Å². The van der Waals surface area contributed by atoms with Crippen molar-refractivity contribution in [2.24, 2.45) is 23.7 Å². The molecule has 0 amide bonds. The van der Waals surface area contributed by atoms with E-state index in [-0.39, 0.29) is 55.5 Å². The predicted octanol–water partition coefficient (Wildman–Crippen LogP) is 3.71. The van der Waals surface area contributed by atoms with Crippen molar-refractivity contribution in [1.29, 1.82) is 0 Å². The molecule has 0 unspecified atom stereocenters. The first-order chi connectivity index (χ1) is 10.8. The molecule has 2 atom stereocenters. The average molecular weight is 383 g/mol. The fourth-order valence-corrected chi connectivity index (χ4v) is 1.99. The summed E-state index contributed by atoms with van der Waals surface area (Å²) in [6.45, 7) is 7.77. The highest BCUT2D eigenvalue weighted by Crippen LogP contribution is 2.17. The molecule has 0 saturated carbocycles. The zero-order chi connectivity index (χ0) is 18.4. The first kappa shape index (κ1) is 27.8. The van der Waals surface area contributed by atoms with E-state index in [2.05, 4.69) is 9.47 Å². The summed E-state index contributed by atoms with van der Waals surface area (Å²) in [6, 6.07) is 0. The molecular weight excluding hydrogens is 352 g/mol. The second-order valence-electron chi connectivity index (χ2n) is 5.75. The van der Waals surface area contributed by atoms with Gasteiger partial charge in [-0.15, -0.1) is 0 Å². The van der Waals surface area contributed by atoms with Crippen LogP contribution in [-0.4, -0.2) is 32.4 Å². The molecule has 7 heteroatoms. The van der Waals surface area contributed by atoms with Crippen molar-refractivity contribution in [2.45, 2.75) is 40.5 Å². The Kier molecular flexibility index (Phi) is 19.5. The molecule has 0 saturated heterocycles. The van der Waals surface area contributed by atoms with Gasteiger partial charge in [0.25, 0.3) is 0 Å². The van der Waals surface area contributed by atoms with Crippen LogP contribution in [-0.2, 0) is 23.9 Å². The third-order valence-electron chi connectivity index (χ3n) is 3.45. The van der Waals surface area contributed by atoms with Gasteiger partial charge >= 0.3 is 11.9 Å². The normalized spacial score (nSPS) is 12.7. The van der Waals surface area contributed by atoms with Crippen molar-refractivity contribution < 1.29 is 23.9 Å². The van der Waals surface area contributed by atoms with Gasteiger partial charge in [-0.2, -0.15) is 13.5 Å². The molecule has 0 aliphatic heterocycles. The van der Waals surface area contributed by atoms with Gasteiger partial charge in [0.15, 0.2) is 0 Å². The third-order valence-corrected chi connectivity index (χ3v) is 3.62. The van der Waals surface area contributed by atoms with E-state index in [1.54, 1.807) is 6.08 Å². The van der Waals surface area contributed by atoms with Crippen molar-refractivity contribution in [3.05, 3.63) is 11.6 Å². The number of esters is 2. The quantitative estimate of drug-likeness (QED) is 0.472. The van der Waals surface area contributed by atoms with E-state index >= 15 is 0 Å². The number of ether oxygens (including phenoxy) is 2. The molecular formula is C17H31ClO5S. The van der Waals surface area contributed by atoms with Crippen LogP contribution in [0.25, 0.3) is 0 Å². The van der Waals surface area contributed by atoms with Crippen molar-refractivity contribution in [1.82, 2.24) is 0 Å². The summed E-state index contributed by atoms with van der Waals surface area (Å²) in [5.74, 6) is -0.382. The molecule has 0 aromatic heterocycles. The van der Waals surface area contributed by atoms with Gasteiger partial charge in [0.2, 0.25) is 0 Å². The fraction of sp³-hybridized carbons (Fsp3) is 0.706. The third kappa shape index (κ3) is 12.4. The lowest BCUT2D eigenvalue weighted by Gasteiger charge is -2.15. The molecule has 24 heavy (non-hydrogen) atoms. The number of carbonyl (C=O) groups excluding carboxylic acids is 3. The minimum Gasteiger partial charge on any atom is -0.469 e. The zero-order valence-corrected chi connectivity index (χ0v) is 17.1. The highest BCUT2D eigenvalue weighted by atomic mass is 35.5. The molecule has 5 nitrogen and oxygen atoms in total. The molecule has 0 radical (unpaired) electrons. The fourth-order valence-electron chi connectivity index (χ4n) is 1.89. The summed E-state index contributed by atoms with van der Waals surface area (Å²) in [6.07, 6.45) is 3.42. The average Bonchev–Trinajstić information content (AvgIpc) is 2.51. The maximum absolute atomic E-state index is 11.2. The number of carbonyl (C=O) groups is 3. The van der Waals surface area contributed by atoms with Gasteiger partial charge in [-0.1, -0.05) is 45.4 Å². The lowest BCUT2D eigenvalue weighted by Crippen LogP contribution is -2.21. The van der Waals surface area contributed by atoms with Gasteiger partial charge in [0, 0.05) is 12.0 Å². The maximum Gasteiger partial charge on any atom is 0.309 e. The van der Waals surface area contributed by atoms with Gasteiger partial charge in [-0.05, 0) is 18.3 Å². The predicted molar refractivity (Wildman–Crippen MR) is 101 cm³/mol. The van der Waals surface area contributed by atoms with Crippen LogP contribution in [0.5, 0.6) is 0 Å². The minimum atomic E-state index is -0.299. The lowest BCUT2D eigenvalue weighted by atomic mass is 9.93. The standard InChI is InChI=1S/C9H15ClO2.C8H14O3.H2S/c1-7(2)8(5-4-6-10)9(11)12-3;1-6(2)7(4-5-9)8(10)11-3;/h4,6-8H,5H2,1-3H3;5-7H,4H2,1-3H3;1H2/b6-4+;;/t8-;7-;/m00./s1. The van der Waals surface area contributed by atoms with Crippen molar-refractivity contribution in [2.75, 3.05) is 14.2 Å². The lowest BCUT2D eigenvalue weighted by molar-refractivity contribution is -0.148. The van der Waals surface area contributed by atoms with E-state index in [1.807, 2.05) is 27.7 Å². The first-order valence-corrected chi connectivity index (χ1v) is 8.04. The Labute approximate surface area is 157 Å². The Morgan fingerprint density at radius 1 is 0.917 bits per heavy atom. The SMILES string of the molecule is COC(=O)[C@@H](C/C=C/Cl)C(C)C.COC(=O)[C@@H](CC=O)C(C)C.S. The Balaban J connectivity index is -0.000000354. The molecule has 0 aliphatic carbocycles. The molecule has 0 heterocycles. The molecule has 0 bridgehead atoms. The topological polar surface area (TPSA) is 69.7 Å². The van der Waals surface area contributed by atoms with Crippen LogP contribution in [0.3, 0.4) is 0 Å². The zero-order valence-electron chi connectivity index (χ0n) is 15.4. The minimum absolute atomic E-state index is 0. The maximum atomic E-state index is 11.2. The largest absolute Gasteiger partial charge is 0.469 e. The van der Waals surface area contributed by atoms with Crippen LogP contribution in [0.2, 0.25) is 0 Å². The van der Waals surface area contributed by atoms with Crippen LogP contribution in [0.1, 0.15) is 40.5 Å². The van der Waals surface area contributed by atoms with Crippen molar-refractivity contribution in [3.8, 4) is 0 Å². The summed E-state index contributed by atoms with van der Waals surface area (Å²) in [5.41, 5.74) is 1.43. The van der Waals surface area contributed by atoms with Gasteiger partial charge in [0.05, 0.1) is 26.1 Å². The Bertz CT molecular complexity index is 383. The second-order valence-corrected chi connectivity index (χ2v) is 6.00. The van der Waals surface area contributed by atoms with Crippen molar-refractivity contribution in [3.63, 3.8) is 0 Å². The molecule has 0 rings (SSSR count). The van der Waals surface area contributed by atoms with E-state index in [0.717, 1.165) is 6.29 Å². The van der Waals surface area contributed by atoms with Crippen LogP contribution in [0.15, 0.2) is 11.6 Å². The second kappa shape index (κ2) is 16.8. The Hall–Kier alpha value is -1.01. The summed E-state index contributed by atoms with van der Waals surface area (Å²) in [7, 11) is 2.74. The van der Waals surface area contributed by atoms with Gasteiger partial charge in [-0.3, -0.25) is 9.59 Å². The number of rotatable bonds is 8. The van der Waals surface area contributed by atoms with Crippen LogP contribution in [0.4, 0.5) is 0 Å². The molecule has 0 aliphatic rings.